The summed E-state index contributed by atoms with van der Waals surface area (Å²) < 4.78 is 24.8. The van der Waals surface area contributed by atoms with Crippen LogP contribution in [0.3, 0.4) is 0 Å². The predicted octanol–water partition coefficient (Wildman–Crippen LogP) is 6.65. The third kappa shape index (κ3) is 6.64. The van der Waals surface area contributed by atoms with Gasteiger partial charge >= 0.3 is 0 Å². The van der Waals surface area contributed by atoms with Gasteiger partial charge < -0.3 is 38.3 Å². The fraction of sp³-hybridized carbons (Fsp3) is 0.400. The van der Waals surface area contributed by atoms with Crippen molar-refractivity contribution in [3.05, 3.63) is 102 Å². The Morgan fingerprint density at radius 2 is 1.60 bits per heavy atom. The van der Waals surface area contributed by atoms with E-state index in [-0.39, 0.29) is 5.91 Å². The second kappa shape index (κ2) is 14.5. The Balaban J connectivity index is 1.02. The van der Waals surface area contributed by atoms with Gasteiger partial charge in [0.15, 0.2) is 11.5 Å². The number of hydrogen-bond donors (Lipinski definition) is 1. The molecule has 0 aliphatic carbocycles. The number of aromatic nitrogens is 2. The van der Waals surface area contributed by atoms with E-state index in [1.807, 2.05) is 60.4 Å². The number of fused-ring (bicyclic) bond motifs is 1. The Morgan fingerprint density at radius 3 is 2.28 bits per heavy atom. The van der Waals surface area contributed by atoms with Crippen molar-refractivity contribution in [3.63, 3.8) is 0 Å². The number of hydrogen-bond acceptors (Lipinski definition) is 8. The van der Waals surface area contributed by atoms with Gasteiger partial charge in [-0.25, -0.2) is 4.98 Å². The topological polar surface area (TPSA) is 94.2 Å². The lowest BCUT2D eigenvalue weighted by atomic mass is 9.76. The monoisotopic (exact) mass is 677 g/mol. The number of anilines is 1. The van der Waals surface area contributed by atoms with Gasteiger partial charge in [0.1, 0.15) is 11.5 Å². The number of piperidine rings is 1. The molecule has 1 amide bonds. The van der Waals surface area contributed by atoms with Gasteiger partial charge in [0.25, 0.3) is 0 Å². The molecule has 7 rings (SSSR count). The van der Waals surface area contributed by atoms with Crippen LogP contribution >= 0.6 is 0 Å². The number of aryl methyl sites for hydroxylation is 1. The van der Waals surface area contributed by atoms with Crippen LogP contribution in [0.25, 0.3) is 11.0 Å². The summed E-state index contributed by atoms with van der Waals surface area (Å²) in [6.07, 6.45) is 3.56. The number of nitrogens with zero attached hydrogens (tertiary/aromatic N) is 4. The highest BCUT2D eigenvalue weighted by Crippen LogP contribution is 2.42. The average Bonchev–Trinajstić information content (AvgIpc) is 3.82. The molecule has 2 aromatic heterocycles. The molecule has 1 N–H and O–H groups in total. The van der Waals surface area contributed by atoms with Crippen LogP contribution in [0.5, 0.6) is 17.2 Å². The highest BCUT2D eigenvalue weighted by molar-refractivity contribution is 5.90. The van der Waals surface area contributed by atoms with Gasteiger partial charge in [0.05, 0.1) is 44.3 Å². The summed E-state index contributed by atoms with van der Waals surface area (Å²) in [5.41, 5.74) is 3.54. The lowest BCUT2D eigenvalue weighted by Gasteiger charge is -2.36. The van der Waals surface area contributed by atoms with Crippen LogP contribution in [0, 0.1) is 6.92 Å². The van der Waals surface area contributed by atoms with Gasteiger partial charge in [-0.3, -0.25) is 4.79 Å². The quantitative estimate of drug-likeness (QED) is 0.148. The lowest BCUT2D eigenvalue weighted by Crippen LogP contribution is -2.44. The normalized spacial score (nSPS) is 18.6. The number of likely N-dealkylation sites (tertiary alicyclic amines) is 2. The molecule has 2 saturated heterocycles. The van der Waals surface area contributed by atoms with E-state index in [1.165, 1.54) is 0 Å². The third-order valence-electron chi connectivity index (χ3n) is 10.5. The molecule has 10 heteroatoms. The number of amides is 1. The van der Waals surface area contributed by atoms with Gasteiger partial charge in [-0.1, -0.05) is 42.5 Å². The van der Waals surface area contributed by atoms with Crippen molar-refractivity contribution in [3.8, 4) is 17.2 Å². The molecular weight excluding hydrogens is 630 g/mol. The number of furan rings is 1. The molecular formula is C40H47N5O5. The summed E-state index contributed by atoms with van der Waals surface area (Å²) in [4.78, 5) is 23.9. The zero-order chi connectivity index (χ0) is 34.7. The van der Waals surface area contributed by atoms with E-state index in [4.69, 9.17) is 23.6 Å². The number of imidazole rings is 1. The molecule has 2 fully saturated rings. The number of nitrogens with one attached hydrogen (secondary N) is 1. The number of para-hydroxylation sites is 2. The van der Waals surface area contributed by atoms with Crippen LogP contribution in [-0.2, 0) is 23.3 Å². The van der Waals surface area contributed by atoms with E-state index >= 15 is 0 Å². The molecule has 2 aliphatic heterocycles. The number of rotatable bonds is 13. The second-order valence-corrected chi connectivity index (χ2v) is 13.5. The Kier molecular flexibility index (Phi) is 9.72. The predicted molar refractivity (Wildman–Crippen MR) is 194 cm³/mol. The summed E-state index contributed by atoms with van der Waals surface area (Å²) in [5.74, 6) is 4.61. The molecule has 4 heterocycles. The van der Waals surface area contributed by atoms with Crippen LogP contribution in [0.15, 0.2) is 83.3 Å². The van der Waals surface area contributed by atoms with E-state index in [0.717, 1.165) is 84.9 Å². The Morgan fingerprint density at radius 1 is 0.880 bits per heavy atom. The summed E-state index contributed by atoms with van der Waals surface area (Å²) >= 11 is 0. The van der Waals surface area contributed by atoms with Gasteiger partial charge in [-0.05, 0) is 86.7 Å². The van der Waals surface area contributed by atoms with Gasteiger partial charge in [-0.15, -0.1) is 0 Å². The van der Waals surface area contributed by atoms with E-state index in [2.05, 4.69) is 45.1 Å². The summed E-state index contributed by atoms with van der Waals surface area (Å²) in [5, 5.41) is 3.77. The minimum atomic E-state index is -0.563. The molecule has 1 atom stereocenters. The SMILES string of the molecule is COc1cc(CN2CCC(CCN3CCC(Nc4nc5ccccc5n4Cc4ccc(C)o4)CC3)(c3ccccc3)C2=O)cc(OC)c1OC. The van der Waals surface area contributed by atoms with E-state index < -0.39 is 5.41 Å². The molecule has 1 unspecified atom stereocenters. The Hall–Kier alpha value is -4.96. The van der Waals surface area contributed by atoms with Crippen molar-refractivity contribution in [2.75, 3.05) is 52.8 Å². The number of ether oxygens (including phenoxy) is 3. The minimum Gasteiger partial charge on any atom is -0.493 e. The molecule has 50 heavy (non-hydrogen) atoms. The number of carbonyl (C=O) groups is 1. The number of benzene rings is 3. The average molecular weight is 678 g/mol. The maximum Gasteiger partial charge on any atom is 0.233 e. The standard InChI is InChI=1S/C40H47N5O5/c1-28-14-15-32(50-28)27-45-34-13-9-8-12-33(34)42-39(45)41-31-16-20-43(21-17-31)22-18-40(30-10-6-5-7-11-30)19-23-44(38(40)46)26-29-24-35(47-2)37(49-4)36(25-29)48-3/h5-15,24-25,31H,16-23,26-27H2,1-4H3,(H,41,42). The van der Waals surface area contributed by atoms with Crippen LogP contribution in [0.1, 0.15) is 48.3 Å². The molecule has 0 bridgehead atoms. The van der Waals surface area contributed by atoms with E-state index in [1.54, 1.807) is 21.3 Å². The van der Waals surface area contributed by atoms with Crippen LogP contribution in [-0.4, -0.2) is 78.8 Å². The zero-order valence-electron chi connectivity index (χ0n) is 29.5. The minimum absolute atomic E-state index is 0.180. The fourth-order valence-electron chi connectivity index (χ4n) is 7.74. The number of methoxy groups -OCH3 is 3. The molecule has 0 spiro atoms. The first-order valence-corrected chi connectivity index (χ1v) is 17.5. The third-order valence-corrected chi connectivity index (χ3v) is 10.5. The summed E-state index contributed by atoms with van der Waals surface area (Å²) in [6, 6.07) is 26.8. The molecule has 10 nitrogen and oxygen atoms in total. The highest BCUT2D eigenvalue weighted by atomic mass is 16.5. The first-order chi connectivity index (χ1) is 24.4. The van der Waals surface area contributed by atoms with Gasteiger partial charge in [0, 0.05) is 32.2 Å². The van der Waals surface area contributed by atoms with Crippen LogP contribution in [0.2, 0.25) is 0 Å². The smallest absolute Gasteiger partial charge is 0.233 e. The molecule has 5 aromatic rings. The molecule has 0 saturated carbocycles. The lowest BCUT2D eigenvalue weighted by molar-refractivity contribution is -0.133. The largest absolute Gasteiger partial charge is 0.493 e. The van der Waals surface area contributed by atoms with Gasteiger partial charge in [0.2, 0.25) is 17.6 Å². The molecule has 3 aromatic carbocycles. The molecule has 262 valence electrons. The zero-order valence-corrected chi connectivity index (χ0v) is 29.5. The molecule has 0 radical (unpaired) electrons. The van der Waals surface area contributed by atoms with Crippen LogP contribution < -0.4 is 19.5 Å². The van der Waals surface area contributed by atoms with Crippen molar-refractivity contribution in [1.29, 1.82) is 0 Å². The van der Waals surface area contributed by atoms with Crippen molar-refractivity contribution in [2.45, 2.75) is 57.2 Å². The first kappa shape index (κ1) is 33.5. The van der Waals surface area contributed by atoms with Gasteiger partial charge in [-0.2, -0.15) is 0 Å². The van der Waals surface area contributed by atoms with Crippen molar-refractivity contribution < 1.29 is 23.4 Å². The van der Waals surface area contributed by atoms with E-state index in [0.29, 0.717) is 42.9 Å². The maximum atomic E-state index is 14.4. The fourth-order valence-corrected chi connectivity index (χ4v) is 7.74. The molecule has 2 aliphatic rings. The maximum absolute atomic E-state index is 14.4. The van der Waals surface area contributed by atoms with Crippen LogP contribution in [0.4, 0.5) is 5.95 Å². The van der Waals surface area contributed by atoms with Crippen molar-refractivity contribution in [1.82, 2.24) is 19.4 Å². The Bertz CT molecular complexity index is 1900. The summed E-state index contributed by atoms with van der Waals surface area (Å²) in [7, 11) is 4.82. The Labute approximate surface area is 293 Å². The van der Waals surface area contributed by atoms with Crippen molar-refractivity contribution >= 4 is 22.9 Å². The van der Waals surface area contributed by atoms with E-state index in [9.17, 15) is 4.79 Å². The van der Waals surface area contributed by atoms with Crippen molar-refractivity contribution in [2.24, 2.45) is 0 Å². The second-order valence-electron chi connectivity index (χ2n) is 13.5. The number of carbonyl (C=O) groups excluding carboxylic acids is 1. The highest BCUT2D eigenvalue weighted by Gasteiger charge is 2.47. The summed E-state index contributed by atoms with van der Waals surface area (Å²) in [6.45, 7) is 6.55. The first-order valence-electron chi connectivity index (χ1n) is 17.5.